The van der Waals surface area contributed by atoms with Crippen molar-refractivity contribution in [3.8, 4) is 0 Å². The van der Waals surface area contributed by atoms with Gasteiger partial charge >= 0.3 is 0 Å². The highest BCUT2D eigenvalue weighted by atomic mass is 15.0. The minimum absolute atomic E-state index is 0.440. The fourth-order valence-electron chi connectivity index (χ4n) is 2.98. The van der Waals surface area contributed by atoms with Gasteiger partial charge in [-0.2, -0.15) is 0 Å². The molecule has 2 N–H and O–H groups in total. The van der Waals surface area contributed by atoms with E-state index in [-0.39, 0.29) is 0 Å². The Kier molecular flexibility index (Phi) is 5.21. The van der Waals surface area contributed by atoms with Crippen LogP contribution in [0.5, 0.6) is 0 Å². The third-order valence-corrected chi connectivity index (χ3v) is 4.05. The lowest BCUT2D eigenvalue weighted by Gasteiger charge is -2.35. The van der Waals surface area contributed by atoms with Crippen LogP contribution in [0.25, 0.3) is 0 Å². The second-order valence-electron chi connectivity index (χ2n) is 5.45. The number of hydrogen-bond donors (Lipinski definition) is 2. The molecule has 1 heterocycles. The van der Waals surface area contributed by atoms with Crippen LogP contribution < -0.4 is 10.6 Å². The maximum atomic E-state index is 3.81. The van der Waals surface area contributed by atoms with Crippen LogP contribution in [0.15, 0.2) is 30.3 Å². The molecular weight excluding hydrogens is 220 g/mol. The summed E-state index contributed by atoms with van der Waals surface area (Å²) < 4.78 is 0. The highest BCUT2D eigenvalue weighted by Crippen LogP contribution is 2.21. The molecule has 3 atom stereocenters. The summed E-state index contributed by atoms with van der Waals surface area (Å²) in [5, 5.41) is 7.33. The zero-order chi connectivity index (χ0) is 12.8. The fourth-order valence-corrected chi connectivity index (χ4v) is 2.98. The van der Waals surface area contributed by atoms with Gasteiger partial charge in [0.15, 0.2) is 0 Å². The van der Waals surface area contributed by atoms with Gasteiger partial charge in [0, 0.05) is 18.6 Å². The summed E-state index contributed by atoms with van der Waals surface area (Å²) in [4.78, 5) is 0. The van der Waals surface area contributed by atoms with Gasteiger partial charge in [0.2, 0.25) is 0 Å². The molecule has 1 aliphatic heterocycles. The largest absolute Gasteiger partial charge is 0.315 e. The first-order valence-corrected chi connectivity index (χ1v) is 7.33. The Morgan fingerprint density at radius 2 is 2.11 bits per heavy atom. The van der Waals surface area contributed by atoms with E-state index in [1.165, 1.54) is 31.4 Å². The normalized spacial score (nSPS) is 25.9. The molecule has 1 unspecified atom stereocenters. The maximum Gasteiger partial charge on any atom is 0.0294 e. The summed E-state index contributed by atoms with van der Waals surface area (Å²) in [5.74, 6) is 0.836. The number of rotatable bonds is 5. The van der Waals surface area contributed by atoms with Crippen molar-refractivity contribution in [1.82, 2.24) is 10.6 Å². The number of benzene rings is 1. The van der Waals surface area contributed by atoms with Gasteiger partial charge in [0.1, 0.15) is 0 Å². The zero-order valence-electron chi connectivity index (χ0n) is 11.7. The second kappa shape index (κ2) is 6.91. The van der Waals surface area contributed by atoms with Gasteiger partial charge in [-0.25, -0.2) is 0 Å². The summed E-state index contributed by atoms with van der Waals surface area (Å²) in [6.45, 7) is 6.86. The van der Waals surface area contributed by atoms with E-state index in [1.807, 2.05) is 0 Å². The third kappa shape index (κ3) is 3.56. The summed E-state index contributed by atoms with van der Waals surface area (Å²) in [6.07, 6.45) is 3.95. The van der Waals surface area contributed by atoms with Crippen LogP contribution in [0.1, 0.15) is 44.7 Å². The average molecular weight is 246 g/mol. The maximum absolute atomic E-state index is 3.81. The molecule has 0 amide bonds. The van der Waals surface area contributed by atoms with E-state index in [4.69, 9.17) is 0 Å². The SMILES string of the molecule is CCCC1CCNC[C@@H]1N[C@@H](C)c1ccccc1. The van der Waals surface area contributed by atoms with Crippen LogP contribution in [0.4, 0.5) is 0 Å². The molecule has 0 saturated carbocycles. The molecule has 2 heteroatoms. The topological polar surface area (TPSA) is 24.1 Å². The van der Waals surface area contributed by atoms with Crippen molar-refractivity contribution in [1.29, 1.82) is 0 Å². The summed E-state index contributed by atoms with van der Waals surface area (Å²) in [5.41, 5.74) is 1.39. The predicted molar refractivity (Wildman–Crippen MR) is 77.7 cm³/mol. The first-order chi connectivity index (χ1) is 8.81. The van der Waals surface area contributed by atoms with Crippen LogP contribution in [0.3, 0.4) is 0 Å². The molecule has 1 aromatic rings. The molecule has 1 fully saturated rings. The average Bonchev–Trinajstić information content (AvgIpc) is 2.42. The number of nitrogens with one attached hydrogen (secondary N) is 2. The highest BCUT2D eigenvalue weighted by Gasteiger charge is 2.25. The Morgan fingerprint density at radius 1 is 1.33 bits per heavy atom. The minimum Gasteiger partial charge on any atom is -0.315 e. The van der Waals surface area contributed by atoms with Crippen molar-refractivity contribution in [2.24, 2.45) is 5.92 Å². The van der Waals surface area contributed by atoms with Crippen molar-refractivity contribution < 1.29 is 0 Å². The molecule has 100 valence electrons. The molecule has 2 rings (SSSR count). The summed E-state index contributed by atoms with van der Waals surface area (Å²) in [6, 6.07) is 11.8. The van der Waals surface area contributed by atoms with Gasteiger partial charge < -0.3 is 10.6 Å². The molecule has 2 nitrogen and oxygen atoms in total. The van der Waals surface area contributed by atoms with Gasteiger partial charge in [-0.3, -0.25) is 0 Å². The standard InChI is InChI=1S/C16H26N2/c1-3-7-15-10-11-17-12-16(15)18-13(2)14-8-5-4-6-9-14/h4-6,8-9,13,15-18H,3,7,10-12H2,1-2H3/t13-,15?,16-/m0/s1. The van der Waals surface area contributed by atoms with E-state index in [2.05, 4.69) is 54.8 Å². The van der Waals surface area contributed by atoms with Gasteiger partial charge in [-0.1, -0.05) is 43.7 Å². The Balaban J connectivity index is 1.94. The van der Waals surface area contributed by atoms with E-state index < -0.39 is 0 Å². The number of hydrogen-bond acceptors (Lipinski definition) is 2. The quantitative estimate of drug-likeness (QED) is 0.834. The number of piperidine rings is 1. The molecule has 0 spiro atoms. The lowest BCUT2D eigenvalue weighted by molar-refractivity contribution is 0.247. The smallest absolute Gasteiger partial charge is 0.0294 e. The van der Waals surface area contributed by atoms with Crippen LogP contribution in [0, 0.1) is 5.92 Å². The van der Waals surface area contributed by atoms with Crippen LogP contribution >= 0.6 is 0 Å². The Bertz CT molecular complexity index is 334. The van der Waals surface area contributed by atoms with E-state index in [0.717, 1.165) is 12.5 Å². The molecule has 0 aromatic heterocycles. The molecule has 1 saturated heterocycles. The lowest BCUT2D eigenvalue weighted by atomic mass is 9.88. The predicted octanol–water partition coefficient (Wildman–Crippen LogP) is 3.12. The van der Waals surface area contributed by atoms with Gasteiger partial charge in [0.05, 0.1) is 0 Å². The third-order valence-electron chi connectivity index (χ3n) is 4.05. The zero-order valence-corrected chi connectivity index (χ0v) is 11.7. The van der Waals surface area contributed by atoms with E-state index >= 15 is 0 Å². The van der Waals surface area contributed by atoms with Crippen molar-refractivity contribution in [3.63, 3.8) is 0 Å². The van der Waals surface area contributed by atoms with Crippen LogP contribution in [-0.4, -0.2) is 19.1 Å². The Morgan fingerprint density at radius 3 is 2.83 bits per heavy atom. The first kappa shape index (κ1) is 13.6. The second-order valence-corrected chi connectivity index (χ2v) is 5.45. The molecular formula is C16H26N2. The Hall–Kier alpha value is -0.860. The van der Waals surface area contributed by atoms with Crippen molar-refractivity contribution in [2.75, 3.05) is 13.1 Å². The molecule has 1 aliphatic rings. The van der Waals surface area contributed by atoms with Crippen LogP contribution in [0.2, 0.25) is 0 Å². The Labute approximate surface area is 111 Å². The molecule has 0 aliphatic carbocycles. The van der Waals surface area contributed by atoms with Crippen molar-refractivity contribution >= 4 is 0 Å². The van der Waals surface area contributed by atoms with Gasteiger partial charge in [-0.15, -0.1) is 0 Å². The highest BCUT2D eigenvalue weighted by molar-refractivity contribution is 5.18. The van der Waals surface area contributed by atoms with Gasteiger partial charge in [0.25, 0.3) is 0 Å². The van der Waals surface area contributed by atoms with Crippen molar-refractivity contribution in [3.05, 3.63) is 35.9 Å². The van der Waals surface area contributed by atoms with E-state index in [9.17, 15) is 0 Å². The lowest BCUT2D eigenvalue weighted by Crippen LogP contribution is -2.49. The van der Waals surface area contributed by atoms with E-state index in [0.29, 0.717) is 12.1 Å². The van der Waals surface area contributed by atoms with Gasteiger partial charge in [-0.05, 0) is 37.8 Å². The molecule has 0 bridgehead atoms. The summed E-state index contributed by atoms with van der Waals surface area (Å²) in [7, 11) is 0. The summed E-state index contributed by atoms with van der Waals surface area (Å²) >= 11 is 0. The molecule has 18 heavy (non-hydrogen) atoms. The van der Waals surface area contributed by atoms with Crippen LogP contribution in [-0.2, 0) is 0 Å². The van der Waals surface area contributed by atoms with E-state index in [1.54, 1.807) is 0 Å². The monoisotopic (exact) mass is 246 g/mol. The fraction of sp³-hybridized carbons (Fsp3) is 0.625. The molecule has 1 aromatic carbocycles. The first-order valence-electron chi connectivity index (χ1n) is 7.33. The van der Waals surface area contributed by atoms with Crippen molar-refractivity contribution in [2.45, 2.75) is 45.2 Å². The minimum atomic E-state index is 0.440. The molecule has 0 radical (unpaired) electrons.